The molecule has 0 spiro atoms. The van der Waals surface area contributed by atoms with Crippen molar-refractivity contribution in [1.82, 2.24) is 9.80 Å². The predicted octanol–water partition coefficient (Wildman–Crippen LogP) is -0.410. The maximum absolute atomic E-state index is 11.8. The number of Topliss-reactive ketones (excluding diaryl/α,β-unsaturated/α-hetero) is 1. The van der Waals surface area contributed by atoms with Crippen LogP contribution in [0.25, 0.3) is 0 Å². The highest BCUT2D eigenvalue weighted by atomic mass is 16.5. The van der Waals surface area contributed by atoms with E-state index in [2.05, 4.69) is 4.74 Å². The lowest BCUT2D eigenvalue weighted by Crippen LogP contribution is -2.55. The summed E-state index contributed by atoms with van der Waals surface area (Å²) in [4.78, 5) is 49.1. The second-order valence-corrected chi connectivity index (χ2v) is 4.59. The summed E-state index contributed by atoms with van der Waals surface area (Å²) in [6, 6.07) is 0. The summed E-state index contributed by atoms with van der Waals surface area (Å²) in [6.07, 6.45) is 0.408. The molecule has 112 valence electrons. The van der Waals surface area contributed by atoms with E-state index >= 15 is 0 Å². The van der Waals surface area contributed by atoms with E-state index in [-0.39, 0.29) is 44.5 Å². The fourth-order valence-electron chi connectivity index (χ4n) is 1.96. The number of ether oxygens (including phenoxy) is 1. The van der Waals surface area contributed by atoms with Crippen LogP contribution in [0.4, 0.5) is 0 Å². The fourth-order valence-corrected chi connectivity index (χ4v) is 1.96. The minimum absolute atomic E-state index is 0.000635. The Balaban J connectivity index is 2.48. The summed E-state index contributed by atoms with van der Waals surface area (Å²) in [6.45, 7) is 4.00. The van der Waals surface area contributed by atoms with Gasteiger partial charge in [-0.15, -0.1) is 0 Å². The van der Waals surface area contributed by atoms with Crippen molar-refractivity contribution in [1.29, 1.82) is 0 Å². The Morgan fingerprint density at radius 2 is 1.70 bits per heavy atom. The van der Waals surface area contributed by atoms with Gasteiger partial charge in [-0.2, -0.15) is 0 Å². The van der Waals surface area contributed by atoms with E-state index in [0.717, 1.165) is 6.42 Å². The van der Waals surface area contributed by atoms with Crippen molar-refractivity contribution in [3.8, 4) is 0 Å². The molecule has 1 aliphatic rings. The maximum Gasteiger partial charge on any atom is 0.313 e. The van der Waals surface area contributed by atoms with Crippen LogP contribution in [0.1, 0.15) is 26.7 Å². The van der Waals surface area contributed by atoms with Gasteiger partial charge in [0.15, 0.2) is 5.78 Å². The molecule has 2 amide bonds. The highest BCUT2D eigenvalue weighted by Gasteiger charge is 2.30. The van der Waals surface area contributed by atoms with Crippen molar-refractivity contribution in [2.45, 2.75) is 26.7 Å². The molecular weight excluding hydrogens is 264 g/mol. The minimum atomic E-state index is -0.610. The van der Waals surface area contributed by atoms with Crippen molar-refractivity contribution in [3.63, 3.8) is 0 Å². The average Bonchev–Trinajstić information content (AvgIpc) is 2.35. The van der Waals surface area contributed by atoms with Gasteiger partial charge in [-0.05, 0) is 13.3 Å². The van der Waals surface area contributed by atoms with Crippen LogP contribution in [-0.4, -0.2) is 66.2 Å². The first kappa shape index (κ1) is 16.1. The Bertz CT molecular complexity index is 408. The van der Waals surface area contributed by atoms with Crippen LogP contribution >= 0.6 is 0 Å². The minimum Gasteiger partial charge on any atom is -0.466 e. The molecule has 1 fully saturated rings. The normalized spacial score (nSPS) is 15.5. The second-order valence-electron chi connectivity index (χ2n) is 4.59. The number of hydrogen-bond acceptors (Lipinski definition) is 5. The van der Waals surface area contributed by atoms with Gasteiger partial charge >= 0.3 is 5.97 Å². The molecule has 0 bridgehead atoms. The van der Waals surface area contributed by atoms with Crippen LogP contribution in [0.15, 0.2) is 0 Å². The molecule has 0 N–H and O–H groups in total. The van der Waals surface area contributed by atoms with Crippen LogP contribution in [-0.2, 0) is 23.9 Å². The number of ketones is 1. The van der Waals surface area contributed by atoms with Crippen LogP contribution < -0.4 is 0 Å². The van der Waals surface area contributed by atoms with E-state index in [1.54, 1.807) is 6.92 Å². The number of nitrogens with zero attached hydrogens (tertiary/aromatic N) is 2. The second kappa shape index (κ2) is 7.62. The van der Waals surface area contributed by atoms with Crippen molar-refractivity contribution >= 4 is 23.6 Å². The third kappa shape index (κ3) is 4.64. The molecule has 0 aromatic heterocycles. The number of carbonyl (C=O) groups is 4. The number of hydrogen-bond donors (Lipinski definition) is 0. The van der Waals surface area contributed by atoms with E-state index in [0.29, 0.717) is 6.54 Å². The Hall–Kier alpha value is -1.92. The zero-order chi connectivity index (χ0) is 15.1. The van der Waals surface area contributed by atoms with Gasteiger partial charge in [-0.1, -0.05) is 6.92 Å². The molecule has 1 saturated heterocycles. The molecule has 20 heavy (non-hydrogen) atoms. The maximum atomic E-state index is 11.8. The molecule has 0 aromatic carbocycles. The molecule has 0 radical (unpaired) electrons. The van der Waals surface area contributed by atoms with Crippen molar-refractivity contribution < 1.29 is 23.9 Å². The molecule has 1 heterocycles. The summed E-state index contributed by atoms with van der Waals surface area (Å²) in [5, 5.41) is 0. The first-order valence-corrected chi connectivity index (χ1v) is 6.70. The monoisotopic (exact) mass is 284 g/mol. The van der Waals surface area contributed by atoms with Gasteiger partial charge in [0.1, 0.15) is 13.0 Å². The smallest absolute Gasteiger partial charge is 0.313 e. The standard InChI is InChI=1S/C13H20N2O5/c1-3-5-14-8-12(18)15(9-11(14)17)7-10(16)6-13(19)20-4-2/h3-9H2,1-2H3. The van der Waals surface area contributed by atoms with Crippen molar-refractivity contribution in [2.24, 2.45) is 0 Å². The summed E-state index contributed by atoms with van der Waals surface area (Å²) < 4.78 is 4.66. The molecular formula is C13H20N2O5. The topological polar surface area (TPSA) is 84.0 Å². The summed E-state index contributed by atoms with van der Waals surface area (Å²) >= 11 is 0. The van der Waals surface area contributed by atoms with E-state index in [4.69, 9.17) is 0 Å². The Labute approximate surface area is 117 Å². The molecule has 1 rings (SSSR count). The van der Waals surface area contributed by atoms with Gasteiger partial charge in [-0.25, -0.2) is 0 Å². The third-order valence-electron chi connectivity index (χ3n) is 2.87. The molecule has 1 aliphatic heterocycles. The van der Waals surface area contributed by atoms with Crippen molar-refractivity contribution in [3.05, 3.63) is 0 Å². The van der Waals surface area contributed by atoms with Gasteiger partial charge in [-0.3, -0.25) is 19.2 Å². The first-order chi connectivity index (χ1) is 9.47. The molecule has 0 aromatic rings. The number of esters is 1. The lowest BCUT2D eigenvalue weighted by molar-refractivity contribution is -0.152. The molecule has 7 heteroatoms. The molecule has 0 unspecified atom stereocenters. The summed E-state index contributed by atoms with van der Waals surface area (Å²) in [7, 11) is 0. The van der Waals surface area contributed by atoms with Gasteiger partial charge < -0.3 is 14.5 Å². The highest BCUT2D eigenvalue weighted by molar-refractivity contribution is 6.00. The van der Waals surface area contributed by atoms with Gasteiger partial charge in [0.05, 0.1) is 19.7 Å². The van der Waals surface area contributed by atoms with Crippen molar-refractivity contribution in [2.75, 3.05) is 32.8 Å². The largest absolute Gasteiger partial charge is 0.466 e. The number of carbonyl (C=O) groups excluding carboxylic acids is 4. The lowest BCUT2D eigenvalue weighted by Gasteiger charge is -2.33. The fraction of sp³-hybridized carbons (Fsp3) is 0.692. The quantitative estimate of drug-likeness (QED) is 0.469. The number of amides is 2. The number of rotatable bonds is 7. The average molecular weight is 284 g/mol. The Morgan fingerprint density at radius 3 is 2.30 bits per heavy atom. The van der Waals surface area contributed by atoms with Crippen LogP contribution in [0.2, 0.25) is 0 Å². The SMILES string of the molecule is CCCN1CC(=O)N(CC(=O)CC(=O)OCC)CC1=O. The predicted molar refractivity (Wildman–Crippen MR) is 69.7 cm³/mol. The molecule has 0 aliphatic carbocycles. The zero-order valence-electron chi connectivity index (χ0n) is 11.9. The number of piperazine rings is 1. The van der Waals surface area contributed by atoms with Crippen LogP contribution in [0.3, 0.4) is 0 Å². The first-order valence-electron chi connectivity index (χ1n) is 6.70. The van der Waals surface area contributed by atoms with E-state index < -0.39 is 11.8 Å². The van der Waals surface area contributed by atoms with Crippen LogP contribution in [0.5, 0.6) is 0 Å². The molecule has 7 nitrogen and oxygen atoms in total. The Kier molecular flexibility index (Phi) is 6.14. The molecule has 0 atom stereocenters. The highest BCUT2D eigenvalue weighted by Crippen LogP contribution is 2.06. The van der Waals surface area contributed by atoms with Gasteiger partial charge in [0, 0.05) is 6.54 Å². The molecule has 0 saturated carbocycles. The van der Waals surface area contributed by atoms with Gasteiger partial charge in [0.25, 0.3) is 0 Å². The zero-order valence-corrected chi connectivity index (χ0v) is 11.9. The Morgan fingerprint density at radius 1 is 1.10 bits per heavy atom. The summed E-state index contributed by atoms with van der Waals surface area (Å²) in [5.74, 6) is -1.47. The lowest BCUT2D eigenvalue weighted by atomic mass is 10.2. The van der Waals surface area contributed by atoms with E-state index in [1.165, 1.54) is 9.80 Å². The van der Waals surface area contributed by atoms with E-state index in [1.807, 2.05) is 6.92 Å². The van der Waals surface area contributed by atoms with Crippen LogP contribution in [0, 0.1) is 0 Å². The third-order valence-corrected chi connectivity index (χ3v) is 2.87. The van der Waals surface area contributed by atoms with Gasteiger partial charge in [0.2, 0.25) is 11.8 Å². The summed E-state index contributed by atoms with van der Waals surface area (Å²) in [5.41, 5.74) is 0. The van der Waals surface area contributed by atoms with E-state index in [9.17, 15) is 19.2 Å².